The van der Waals surface area contributed by atoms with E-state index in [0.717, 1.165) is 12.1 Å². The molecule has 25 heavy (non-hydrogen) atoms. The number of para-hydroxylation sites is 1. The lowest BCUT2D eigenvalue weighted by atomic mass is 9.84. The summed E-state index contributed by atoms with van der Waals surface area (Å²) in [5.74, 6) is -1.85. The highest BCUT2D eigenvalue weighted by Gasteiger charge is 2.71. The third kappa shape index (κ3) is 3.90. The standard InChI is InChI=1S/C9H12F4O3S.C6H8N2/c10-8(11,9(12,13)17(14,15)16)7-4-5-1-2-6(7)3-5;7-8-6-4-2-1-3-5-6/h5-7H,1-4H2,(H,14,15,16);1-5,8H,7H2. The highest BCUT2D eigenvalue weighted by Crippen LogP contribution is 2.58. The number of alkyl halides is 4. The van der Waals surface area contributed by atoms with Crippen LogP contribution in [0.2, 0.25) is 0 Å². The number of nitrogens with one attached hydrogen (secondary N) is 1. The summed E-state index contributed by atoms with van der Waals surface area (Å²) >= 11 is 0. The first-order chi connectivity index (χ1) is 11.5. The molecule has 0 amide bonds. The molecule has 0 heterocycles. The second-order valence-corrected chi connectivity index (χ2v) is 7.87. The van der Waals surface area contributed by atoms with Gasteiger partial charge in [0.2, 0.25) is 0 Å². The van der Waals surface area contributed by atoms with Crippen molar-refractivity contribution in [2.24, 2.45) is 23.6 Å². The van der Waals surface area contributed by atoms with Crippen LogP contribution in [0.25, 0.3) is 0 Å². The minimum absolute atomic E-state index is 0.0203. The van der Waals surface area contributed by atoms with Crippen LogP contribution in [0, 0.1) is 17.8 Å². The molecule has 4 N–H and O–H groups in total. The molecule has 3 rings (SSSR count). The molecule has 0 aliphatic heterocycles. The van der Waals surface area contributed by atoms with E-state index in [1.807, 2.05) is 30.3 Å². The zero-order chi connectivity index (χ0) is 18.9. The lowest BCUT2D eigenvalue weighted by Gasteiger charge is -2.33. The van der Waals surface area contributed by atoms with Crippen molar-refractivity contribution < 1.29 is 30.5 Å². The van der Waals surface area contributed by atoms with Gasteiger partial charge in [0.05, 0.1) is 0 Å². The van der Waals surface area contributed by atoms with E-state index in [4.69, 9.17) is 10.4 Å². The number of halogens is 4. The Morgan fingerprint density at radius 3 is 2.04 bits per heavy atom. The maximum absolute atomic E-state index is 13.6. The Morgan fingerprint density at radius 2 is 1.68 bits per heavy atom. The average Bonchev–Trinajstić information content (AvgIpc) is 3.18. The first-order valence-electron chi connectivity index (χ1n) is 7.75. The quantitative estimate of drug-likeness (QED) is 0.320. The van der Waals surface area contributed by atoms with Crippen molar-refractivity contribution >= 4 is 15.8 Å². The van der Waals surface area contributed by atoms with Crippen LogP contribution in [-0.2, 0) is 10.1 Å². The van der Waals surface area contributed by atoms with Gasteiger partial charge in [0, 0.05) is 11.6 Å². The molecule has 10 heteroatoms. The number of fused-ring (bicyclic) bond motifs is 2. The Labute approximate surface area is 143 Å². The summed E-state index contributed by atoms with van der Waals surface area (Å²) in [4.78, 5) is 0. The average molecular weight is 384 g/mol. The van der Waals surface area contributed by atoms with Gasteiger partial charge in [-0.15, -0.1) is 0 Å². The zero-order valence-corrected chi connectivity index (χ0v) is 14.0. The largest absolute Gasteiger partial charge is 0.431 e. The second-order valence-electron chi connectivity index (χ2n) is 6.41. The molecule has 3 unspecified atom stereocenters. The molecule has 142 valence electrons. The van der Waals surface area contributed by atoms with E-state index in [1.165, 1.54) is 0 Å². The molecule has 0 aromatic heterocycles. The molecular weight excluding hydrogens is 364 g/mol. The zero-order valence-electron chi connectivity index (χ0n) is 13.2. The summed E-state index contributed by atoms with van der Waals surface area (Å²) in [6.45, 7) is 0. The van der Waals surface area contributed by atoms with Crippen LogP contribution in [-0.4, -0.2) is 24.1 Å². The topological polar surface area (TPSA) is 92.4 Å². The van der Waals surface area contributed by atoms with Crippen molar-refractivity contribution in [3.63, 3.8) is 0 Å². The van der Waals surface area contributed by atoms with E-state index < -0.39 is 33.1 Å². The van der Waals surface area contributed by atoms with Gasteiger partial charge in [-0.25, -0.2) is 0 Å². The second kappa shape index (κ2) is 7.08. The summed E-state index contributed by atoms with van der Waals surface area (Å²) in [6, 6.07) is 9.60. The molecule has 1 aromatic rings. The van der Waals surface area contributed by atoms with Crippen LogP contribution in [0.1, 0.15) is 25.7 Å². The number of nitrogen functional groups attached to an aromatic ring is 1. The summed E-state index contributed by atoms with van der Waals surface area (Å²) in [6.07, 6.45) is 1.51. The van der Waals surface area contributed by atoms with Crippen molar-refractivity contribution in [1.29, 1.82) is 0 Å². The number of hydrogen-bond donors (Lipinski definition) is 3. The Kier molecular flexibility index (Phi) is 5.65. The van der Waals surface area contributed by atoms with Gasteiger partial charge in [0.15, 0.2) is 0 Å². The van der Waals surface area contributed by atoms with Crippen LogP contribution in [0.5, 0.6) is 0 Å². The molecule has 2 saturated carbocycles. The minimum atomic E-state index is -6.10. The van der Waals surface area contributed by atoms with Crippen molar-refractivity contribution in [2.75, 3.05) is 5.43 Å². The highest BCUT2D eigenvalue weighted by molar-refractivity contribution is 7.87. The van der Waals surface area contributed by atoms with E-state index in [0.29, 0.717) is 12.8 Å². The highest BCUT2D eigenvalue weighted by atomic mass is 32.2. The van der Waals surface area contributed by atoms with Crippen LogP contribution in [0.15, 0.2) is 30.3 Å². The first-order valence-corrected chi connectivity index (χ1v) is 9.19. The fraction of sp³-hybridized carbons (Fsp3) is 0.600. The molecule has 2 bridgehead atoms. The summed E-state index contributed by atoms with van der Waals surface area (Å²) < 4.78 is 82.4. The van der Waals surface area contributed by atoms with Gasteiger partial charge >= 0.3 is 21.3 Å². The maximum Gasteiger partial charge on any atom is 0.431 e. The predicted molar refractivity (Wildman–Crippen MR) is 84.6 cm³/mol. The molecule has 5 nitrogen and oxygen atoms in total. The van der Waals surface area contributed by atoms with Gasteiger partial charge < -0.3 is 5.43 Å². The molecule has 0 saturated heterocycles. The van der Waals surface area contributed by atoms with E-state index >= 15 is 0 Å². The van der Waals surface area contributed by atoms with E-state index in [9.17, 15) is 26.0 Å². The SMILES string of the molecule is NNc1ccccc1.O=S(=O)(O)C(F)(F)C(F)(F)C1CC2CCC1C2. The van der Waals surface area contributed by atoms with Gasteiger partial charge in [-0.1, -0.05) is 24.6 Å². The molecule has 3 atom stereocenters. The molecule has 0 radical (unpaired) electrons. The van der Waals surface area contributed by atoms with Crippen LogP contribution < -0.4 is 11.3 Å². The third-order valence-corrected chi connectivity index (χ3v) is 5.78. The number of benzene rings is 1. The Hall–Kier alpha value is -1.39. The van der Waals surface area contributed by atoms with Gasteiger partial charge in [-0.05, 0) is 43.2 Å². The lowest BCUT2D eigenvalue weighted by Crippen LogP contribution is -2.52. The number of anilines is 1. The lowest BCUT2D eigenvalue weighted by molar-refractivity contribution is -0.202. The number of rotatable bonds is 4. The molecule has 2 aliphatic carbocycles. The van der Waals surface area contributed by atoms with Crippen LogP contribution in [0.4, 0.5) is 23.2 Å². The predicted octanol–water partition coefficient (Wildman–Crippen LogP) is 3.51. The van der Waals surface area contributed by atoms with Gasteiger partial charge in [-0.3, -0.25) is 10.4 Å². The molecule has 1 aromatic carbocycles. The van der Waals surface area contributed by atoms with Crippen LogP contribution >= 0.6 is 0 Å². The minimum Gasteiger partial charge on any atom is -0.324 e. The van der Waals surface area contributed by atoms with Crippen molar-refractivity contribution in [1.82, 2.24) is 0 Å². The van der Waals surface area contributed by atoms with Crippen molar-refractivity contribution in [3.8, 4) is 0 Å². The molecule has 0 spiro atoms. The van der Waals surface area contributed by atoms with Crippen molar-refractivity contribution in [2.45, 2.75) is 36.9 Å². The van der Waals surface area contributed by atoms with Gasteiger partial charge in [0.1, 0.15) is 0 Å². The Morgan fingerprint density at radius 1 is 1.08 bits per heavy atom. The fourth-order valence-corrected chi connectivity index (χ4v) is 4.11. The van der Waals surface area contributed by atoms with Gasteiger partial charge in [0.25, 0.3) is 0 Å². The maximum atomic E-state index is 13.6. The number of hydrogen-bond acceptors (Lipinski definition) is 4. The monoisotopic (exact) mass is 384 g/mol. The van der Waals surface area contributed by atoms with Crippen molar-refractivity contribution in [3.05, 3.63) is 30.3 Å². The first kappa shape index (κ1) is 19.9. The summed E-state index contributed by atoms with van der Waals surface area (Å²) in [5, 5.41) is -5.41. The van der Waals surface area contributed by atoms with Gasteiger partial charge in [-0.2, -0.15) is 26.0 Å². The normalized spacial score (nSPS) is 26.1. The van der Waals surface area contributed by atoms with Crippen LogP contribution in [0.3, 0.4) is 0 Å². The Bertz CT molecular complexity index is 685. The molecule has 2 fully saturated rings. The number of nitrogens with two attached hydrogens (primary N) is 1. The van der Waals surface area contributed by atoms with E-state index in [-0.39, 0.29) is 12.3 Å². The third-order valence-electron chi connectivity index (χ3n) is 4.86. The number of hydrazine groups is 1. The summed E-state index contributed by atoms with van der Waals surface area (Å²) in [5.41, 5.74) is 3.46. The van der Waals surface area contributed by atoms with E-state index in [2.05, 4.69) is 5.43 Å². The smallest absolute Gasteiger partial charge is 0.324 e. The Balaban J connectivity index is 0.000000236. The fourth-order valence-electron chi connectivity index (χ4n) is 3.61. The molecular formula is C15H20F4N2O3S. The summed E-state index contributed by atoms with van der Waals surface area (Å²) in [7, 11) is -6.10. The van der Waals surface area contributed by atoms with E-state index in [1.54, 1.807) is 0 Å². The molecule has 2 aliphatic rings.